The Morgan fingerprint density at radius 3 is 2.74 bits per heavy atom. The number of carbonyl (C=O) groups is 1. The van der Waals surface area contributed by atoms with E-state index in [9.17, 15) is 4.79 Å². The Bertz CT molecular complexity index is 950. The number of anilines is 1. The van der Waals surface area contributed by atoms with Gasteiger partial charge < -0.3 is 9.47 Å². The van der Waals surface area contributed by atoms with Crippen LogP contribution in [0, 0.1) is 0 Å². The average Bonchev–Trinajstić information content (AvgIpc) is 2.95. The van der Waals surface area contributed by atoms with Gasteiger partial charge in [0.25, 0.3) is 5.91 Å². The molecule has 0 aliphatic carbocycles. The number of nitrogens with zero attached hydrogens (tertiary/aromatic N) is 2. The maximum Gasteiger partial charge on any atom is 0.280 e. The van der Waals surface area contributed by atoms with E-state index in [0.717, 1.165) is 5.56 Å². The van der Waals surface area contributed by atoms with Crippen LogP contribution in [-0.2, 0) is 4.79 Å². The SMILES string of the molecule is C=CCOc1ccc(/C=C2\C(=O)N(c3cccc(Cl)c3)N=C2C)cc1OC. The Labute approximate surface area is 163 Å². The van der Waals surface area contributed by atoms with E-state index in [-0.39, 0.29) is 5.91 Å². The minimum atomic E-state index is -0.208. The van der Waals surface area contributed by atoms with Crippen LogP contribution in [0.3, 0.4) is 0 Å². The van der Waals surface area contributed by atoms with Crippen molar-refractivity contribution in [1.29, 1.82) is 0 Å². The molecule has 0 N–H and O–H groups in total. The van der Waals surface area contributed by atoms with Crippen molar-refractivity contribution in [3.8, 4) is 11.5 Å². The zero-order valence-electron chi connectivity index (χ0n) is 15.1. The van der Waals surface area contributed by atoms with Crippen molar-refractivity contribution in [1.82, 2.24) is 0 Å². The van der Waals surface area contributed by atoms with E-state index in [1.165, 1.54) is 5.01 Å². The lowest BCUT2D eigenvalue weighted by Crippen LogP contribution is -2.21. The molecule has 1 amide bonds. The summed E-state index contributed by atoms with van der Waals surface area (Å²) in [5.74, 6) is 0.988. The van der Waals surface area contributed by atoms with Gasteiger partial charge in [-0.15, -0.1) is 0 Å². The molecule has 1 aliphatic heterocycles. The number of benzene rings is 2. The highest BCUT2D eigenvalue weighted by atomic mass is 35.5. The molecule has 6 heteroatoms. The molecular formula is C21H19ClN2O3. The number of methoxy groups -OCH3 is 1. The number of amides is 1. The molecule has 1 heterocycles. The molecule has 0 bridgehead atoms. The molecule has 0 fully saturated rings. The van der Waals surface area contributed by atoms with Gasteiger partial charge in [-0.1, -0.05) is 36.4 Å². The minimum absolute atomic E-state index is 0.208. The maximum atomic E-state index is 12.8. The average molecular weight is 383 g/mol. The topological polar surface area (TPSA) is 51.1 Å². The lowest BCUT2D eigenvalue weighted by molar-refractivity contribution is -0.114. The molecule has 5 nitrogen and oxygen atoms in total. The van der Waals surface area contributed by atoms with E-state index in [2.05, 4.69) is 11.7 Å². The number of hydrazone groups is 1. The van der Waals surface area contributed by atoms with Crippen molar-refractivity contribution in [3.63, 3.8) is 0 Å². The van der Waals surface area contributed by atoms with E-state index < -0.39 is 0 Å². The molecule has 0 spiro atoms. The number of hydrogen-bond donors (Lipinski definition) is 0. The third-order valence-electron chi connectivity index (χ3n) is 3.97. The van der Waals surface area contributed by atoms with E-state index in [4.69, 9.17) is 21.1 Å². The quantitative estimate of drug-likeness (QED) is 0.536. The number of carbonyl (C=O) groups excluding carboxylic acids is 1. The predicted octanol–water partition coefficient (Wildman–Crippen LogP) is 4.72. The monoisotopic (exact) mass is 382 g/mol. The van der Waals surface area contributed by atoms with Crippen molar-refractivity contribution >= 4 is 35.0 Å². The molecule has 0 unspecified atom stereocenters. The van der Waals surface area contributed by atoms with Gasteiger partial charge >= 0.3 is 0 Å². The van der Waals surface area contributed by atoms with Gasteiger partial charge in [0.05, 0.1) is 24.1 Å². The Morgan fingerprint density at radius 1 is 1.22 bits per heavy atom. The summed E-state index contributed by atoms with van der Waals surface area (Å²) < 4.78 is 10.9. The van der Waals surface area contributed by atoms with Gasteiger partial charge in [-0.3, -0.25) is 4.79 Å². The molecule has 1 aliphatic rings. The Hall–Kier alpha value is -3.05. The van der Waals surface area contributed by atoms with E-state index >= 15 is 0 Å². The number of ether oxygens (including phenoxy) is 2. The third-order valence-corrected chi connectivity index (χ3v) is 4.21. The molecule has 3 rings (SSSR count). The predicted molar refractivity (Wildman–Crippen MR) is 109 cm³/mol. The second-order valence-electron chi connectivity index (χ2n) is 5.85. The van der Waals surface area contributed by atoms with Crippen LogP contribution in [0.15, 0.2) is 65.8 Å². The number of rotatable bonds is 6. The molecule has 0 aromatic heterocycles. The van der Waals surface area contributed by atoms with Gasteiger partial charge in [-0.2, -0.15) is 10.1 Å². The standard InChI is InChI=1S/C21H19ClN2O3/c1-4-10-27-19-9-8-15(12-20(19)26-3)11-18-14(2)23-24(21(18)25)17-7-5-6-16(22)13-17/h4-9,11-13H,1,10H2,2-3H3/b18-11-. The molecule has 0 saturated heterocycles. The summed E-state index contributed by atoms with van der Waals surface area (Å²) in [4.78, 5) is 12.8. The van der Waals surface area contributed by atoms with Crippen LogP contribution in [0.5, 0.6) is 11.5 Å². The van der Waals surface area contributed by atoms with Crippen LogP contribution in [0.1, 0.15) is 12.5 Å². The molecule has 138 valence electrons. The van der Waals surface area contributed by atoms with E-state index in [1.807, 2.05) is 12.1 Å². The van der Waals surface area contributed by atoms with Crippen molar-refractivity contribution in [2.45, 2.75) is 6.92 Å². The van der Waals surface area contributed by atoms with Gasteiger partial charge in [-0.25, -0.2) is 0 Å². The van der Waals surface area contributed by atoms with E-state index in [1.54, 1.807) is 56.5 Å². The first kappa shape index (κ1) is 18.7. The molecule has 2 aromatic rings. The van der Waals surface area contributed by atoms with Crippen LogP contribution in [0.25, 0.3) is 6.08 Å². The van der Waals surface area contributed by atoms with E-state index in [0.29, 0.717) is 40.1 Å². The summed E-state index contributed by atoms with van der Waals surface area (Å²) in [7, 11) is 1.57. The molecular weight excluding hydrogens is 364 g/mol. The fraction of sp³-hybridized carbons (Fsp3) is 0.143. The highest BCUT2D eigenvalue weighted by molar-refractivity contribution is 6.33. The Kier molecular flexibility index (Phi) is 5.62. The van der Waals surface area contributed by atoms with Crippen LogP contribution >= 0.6 is 11.6 Å². The van der Waals surface area contributed by atoms with Gasteiger partial charge in [-0.05, 0) is 48.9 Å². The van der Waals surface area contributed by atoms with Gasteiger partial charge in [0.15, 0.2) is 11.5 Å². The highest BCUT2D eigenvalue weighted by Crippen LogP contribution is 2.31. The molecule has 0 saturated carbocycles. The van der Waals surface area contributed by atoms with Crippen molar-refractivity contribution in [2.24, 2.45) is 5.10 Å². The lowest BCUT2D eigenvalue weighted by Gasteiger charge is -2.12. The third kappa shape index (κ3) is 4.04. The normalized spacial score (nSPS) is 15.1. The Balaban J connectivity index is 1.90. The minimum Gasteiger partial charge on any atom is -0.493 e. The summed E-state index contributed by atoms with van der Waals surface area (Å²) in [6.45, 7) is 5.82. The number of hydrogen-bond acceptors (Lipinski definition) is 4. The van der Waals surface area contributed by atoms with Crippen LogP contribution in [0.4, 0.5) is 5.69 Å². The zero-order valence-corrected chi connectivity index (χ0v) is 15.9. The molecule has 2 aromatic carbocycles. The highest BCUT2D eigenvalue weighted by Gasteiger charge is 2.28. The maximum absolute atomic E-state index is 12.8. The lowest BCUT2D eigenvalue weighted by atomic mass is 10.1. The van der Waals surface area contributed by atoms with Crippen LogP contribution < -0.4 is 14.5 Å². The van der Waals surface area contributed by atoms with Crippen molar-refractivity contribution < 1.29 is 14.3 Å². The van der Waals surface area contributed by atoms with Gasteiger partial charge in [0.2, 0.25) is 0 Å². The summed E-state index contributed by atoms with van der Waals surface area (Å²) in [6.07, 6.45) is 3.45. The molecule has 27 heavy (non-hydrogen) atoms. The molecule has 0 atom stereocenters. The first-order valence-electron chi connectivity index (χ1n) is 8.32. The fourth-order valence-corrected chi connectivity index (χ4v) is 2.86. The number of halogens is 1. The van der Waals surface area contributed by atoms with Crippen LogP contribution in [-0.4, -0.2) is 25.3 Å². The second-order valence-corrected chi connectivity index (χ2v) is 6.29. The smallest absolute Gasteiger partial charge is 0.280 e. The van der Waals surface area contributed by atoms with Gasteiger partial charge in [0, 0.05) is 5.02 Å². The summed E-state index contributed by atoms with van der Waals surface area (Å²) in [5, 5.41) is 6.27. The summed E-state index contributed by atoms with van der Waals surface area (Å²) >= 11 is 6.02. The second kappa shape index (κ2) is 8.10. The van der Waals surface area contributed by atoms with Crippen molar-refractivity contribution in [3.05, 3.63) is 71.3 Å². The fourth-order valence-electron chi connectivity index (χ4n) is 2.68. The molecule has 0 radical (unpaired) electrons. The summed E-state index contributed by atoms with van der Waals surface area (Å²) in [6, 6.07) is 12.5. The zero-order chi connectivity index (χ0) is 19.4. The first-order valence-corrected chi connectivity index (χ1v) is 8.70. The Morgan fingerprint density at radius 2 is 2.04 bits per heavy atom. The van der Waals surface area contributed by atoms with Gasteiger partial charge in [0.1, 0.15) is 6.61 Å². The first-order chi connectivity index (χ1) is 13.0. The van der Waals surface area contributed by atoms with Crippen LogP contribution in [0.2, 0.25) is 5.02 Å². The van der Waals surface area contributed by atoms with Crippen molar-refractivity contribution in [2.75, 3.05) is 18.7 Å². The largest absolute Gasteiger partial charge is 0.493 e. The summed E-state index contributed by atoms with van der Waals surface area (Å²) in [5.41, 5.74) is 2.58.